The van der Waals surface area contributed by atoms with Crippen molar-refractivity contribution >= 4 is 29.3 Å². The van der Waals surface area contributed by atoms with Gasteiger partial charge in [0.2, 0.25) is 0 Å². The topological polar surface area (TPSA) is 45.7 Å². The first-order chi connectivity index (χ1) is 13.6. The monoisotopic (exact) mass is 417 g/mol. The number of rotatable bonds is 3. The molecule has 1 atom stereocenters. The molecular formula is C21H21Cl2N3O2. The summed E-state index contributed by atoms with van der Waals surface area (Å²) in [5.74, 6) is 6.51. The van der Waals surface area contributed by atoms with Crippen LogP contribution in [-0.2, 0) is 4.74 Å². The van der Waals surface area contributed by atoms with Gasteiger partial charge in [0.1, 0.15) is 11.2 Å². The van der Waals surface area contributed by atoms with Crippen LogP contribution in [0.5, 0.6) is 0 Å². The Hall–Kier alpha value is -2.26. The average Bonchev–Trinajstić information content (AvgIpc) is 2.70. The number of amides is 1. The lowest BCUT2D eigenvalue weighted by atomic mass is 10.1. The summed E-state index contributed by atoms with van der Waals surface area (Å²) >= 11 is 12.4. The van der Waals surface area contributed by atoms with Crippen LogP contribution in [0.3, 0.4) is 0 Å². The molecule has 0 N–H and O–H groups in total. The normalized spacial score (nSPS) is 15.5. The molecule has 0 saturated carbocycles. The van der Waals surface area contributed by atoms with E-state index in [0.717, 1.165) is 11.1 Å². The molecule has 0 spiro atoms. The van der Waals surface area contributed by atoms with Crippen molar-refractivity contribution in [2.45, 2.75) is 13.0 Å². The lowest BCUT2D eigenvalue weighted by Gasteiger charge is -2.37. The third kappa shape index (κ3) is 5.17. The summed E-state index contributed by atoms with van der Waals surface area (Å²) in [4.78, 5) is 20.1. The molecule has 0 aliphatic carbocycles. The molecule has 1 amide bonds. The van der Waals surface area contributed by atoms with Gasteiger partial charge in [0, 0.05) is 48.5 Å². The molecule has 5 nitrogen and oxygen atoms in total. The zero-order valence-electron chi connectivity index (χ0n) is 15.6. The number of benzene rings is 1. The molecule has 0 radical (unpaired) electrons. The maximum atomic E-state index is 12.0. The molecule has 1 saturated heterocycles. The van der Waals surface area contributed by atoms with E-state index in [0.29, 0.717) is 43.0 Å². The van der Waals surface area contributed by atoms with E-state index in [2.05, 4.69) is 21.7 Å². The number of pyridine rings is 1. The Kier molecular flexibility index (Phi) is 7.16. The summed E-state index contributed by atoms with van der Waals surface area (Å²) < 4.78 is 5.09. The van der Waals surface area contributed by atoms with Crippen LogP contribution in [0.25, 0.3) is 0 Å². The van der Waals surface area contributed by atoms with E-state index < -0.39 is 0 Å². The van der Waals surface area contributed by atoms with E-state index in [9.17, 15) is 4.79 Å². The number of piperazine rings is 1. The Labute approximate surface area is 175 Å². The van der Waals surface area contributed by atoms with Gasteiger partial charge in [0.25, 0.3) is 0 Å². The van der Waals surface area contributed by atoms with Crippen molar-refractivity contribution in [2.24, 2.45) is 0 Å². The highest BCUT2D eigenvalue weighted by atomic mass is 35.5. The van der Waals surface area contributed by atoms with Gasteiger partial charge in [0.05, 0.1) is 6.61 Å². The zero-order chi connectivity index (χ0) is 19.9. The first-order valence-electron chi connectivity index (χ1n) is 9.11. The number of carbonyl (C=O) groups excluding carboxylic acids is 1. The lowest BCUT2D eigenvalue weighted by Crippen LogP contribution is -2.49. The summed E-state index contributed by atoms with van der Waals surface area (Å²) in [6.07, 6.45) is 1.38. The molecule has 0 bridgehead atoms. The second-order valence-corrected chi connectivity index (χ2v) is 7.08. The average molecular weight is 418 g/mol. The van der Waals surface area contributed by atoms with E-state index in [1.54, 1.807) is 18.0 Å². The maximum Gasteiger partial charge on any atom is 0.409 e. The van der Waals surface area contributed by atoms with Gasteiger partial charge in [-0.15, -0.1) is 0 Å². The van der Waals surface area contributed by atoms with Gasteiger partial charge in [-0.2, -0.15) is 0 Å². The molecule has 2 heterocycles. The van der Waals surface area contributed by atoms with Gasteiger partial charge < -0.3 is 9.64 Å². The van der Waals surface area contributed by atoms with E-state index in [-0.39, 0.29) is 12.1 Å². The minimum atomic E-state index is -0.275. The van der Waals surface area contributed by atoms with Crippen molar-refractivity contribution in [1.82, 2.24) is 14.8 Å². The number of ether oxygens (including phenoxy) is 1. The van der Waals surface area contributed by atoms with Crippen molar-refractivity contribution < 1.29 is 9.53 Å². The van der Waals surface area contributed by atoms with Crippen molar-refractivity contribution in [3.8, 4) is 11.8 Å². The minimum Gasteiger partial charge on any atom is -0.450 e. The summed E-state index contributed by atoms with van der Waals surface area (Å²) in [6, 6.07) is 11.0. The smallest absolute Gasteiger partial charge is 0.409 e. The number of hydrogen-bond acceptors (Lipinski definition) is 4. The van der Waals surface area contributed by atoms with Crippen molar-refractivity contribution in [3.05, 3.63) is 63.9 Å². The van der Waals surface area contributed by atoms with Gasteiger partial charge in [-0.05, 0) is 31.2 Å². The largest absolute Gasteiger partial charge is 0.450 e. The second kappa shape index (κ2) is 9.79. The molecule has 146 valence electrons. The summed E-state index contributed by atoms with van der Waals surface area (Å²) in [7, 11) is 0. The van der Waals surface area contributed by atoms with E-state index >= 15 is 0 Å². The SMILES string of the molecule is CCOC(=O)N1CCN(C(C#Cc2cccc(Cl)c2)c2cccnc2Cl)CC1. The highest BCUT2D eigenvalue weighted by Crippen LogP contribution is 2.27. The van der Waals surface area contributed by atoms with Crippen LogP contribution in [0.2, 0.25) is 10.2 Å². The maximum absolute atomic E-state index is 12.0. The summed E-state index contributed by atoms with van der Waals surface area (Å²) in [5, 5.41) is 1.08. The fourth-order valence-corrected chi connectivity index (χ4v) is 3.48. The summed E-state index contributed by atoms with van der Waals surface area (Å²) in [5.41, 5.74) is 1.69. The molecule has 28 heavy (non-hydrogen) atoms. The van der Waals surface area contributed by atoms with Gasteiger partial charge in [-0.1, -0.05) is 47.2 Å². The first kappa shape index (κ1) is 20.5. The van der Waals surface area contributed by atoms with Gasteiger partial charge in [0.15, 0.2) is 0 Å². The Balaban J connectivity index is 1.82. The molecule has 3 rings (SSSR count). The minimum absolute atomic E-state index is 0.232. The number of aromatic nitrogens is 1. The van der Waals surface area contributed by atoms with Crippen LogP contribution in [0.1, 0.15) is 24.1 Å². The number of halogens is 2. The Morgan fingerprint density at radius 2 is 2.00 bits per heavy atom. The molecular weight excluding hydrogens is 397 g/mol. The Morgan fingerprint density at radius 3 is 2.68 bits per heavy atom. The molecule has 2 aromatic rings. The zero-order valence-corrected chi connectivity index (χ0v) is 17.1. The van der Waals surface area contributed by atoms with Crippen LogP contribution >= 0.6 is 23.2 Å². The summed E-state index contributed by atoms with van der Waals surface area (Å²) in [6.45, 7) is 4.66. The standard InChI is InChI=1S/C21H21Cl2N3O2/c1-2-28-21(27)26-13-11-25(12-14-26)19(18-7-4-10-24-20(18)23)9-8-16-5-3-6-17(22)15-16/h3-7,10,15,19H,2,11-14H2,1H3. The van der Waals surface area contributed by atoms with Crippen LogP contribution in [0.15, 0.2) is 42.6 Å². The third-order valence-electron chi connectivity index (χ3n) is 4.47. The number of nitrogens with zero attached hydrogens (tertiary/aromatic N) is 3. The lowest BCUT2D eigenvalue weighted by molar-refractivity contribution is 0.0735. The predicted octanol–water partition coefficient (Wildman–Crippen LogP) is 4.26. The van der Waals surface area contributed by atoms with E-state index in [4.69, 9.17) is 27.9 Å². The molecule has 7 heteroatoms. The Bertz CT molecular complexity index is 886. The Morgan fingerprint density at radius 1 is 1.21 bits per heavy atom. The van der Waals surface area contributed by atoms with Crippen molar-refractivity contribution in [2.75, 3.05) is 32.8 Å². The fraction of sp³-hybridized carbons (Fsp3) is 0.333. The van der Waals surface area contributed by atoms with E-state index in [1.165, 1.54) is 0 Å². The van der Waals surface area contributed by atoms with Gasteiger partial charge in [-0.3, -0.25) is 4.90 Å². The first-order valence-corrected chi connectivity index (χ1v) is 9.87. The van der Waals surface area contributed by atoms with Crippen LogP contribution < -0.4 is 0 Å². The fourth-order valence-electron chi connectivity index (χ4n) is 3.06. The highest BCUT2D eigenvalue weighted by molar-refractivity contribution is 6.30. The van der Waals surface area contributed by atoms with Crippen molar-refractivity contribution in [3.63, 3.8) is 0 Å². The quantitative estimate of drug-likeness (QED) is 0.552. The molecule has 1 aromatic heterocycles. The number of carbonyl (C=O) groups is 1. The molecule has 1 fully saturated rings. The predicted molar refractivity (Wildman–Crippen MR) is 110 cm³/mol. The molecule has 1 aliphatic rings. The van der Waals surface area contributed by atoms with Crippen LogP contribution in [0.4, 0.5) is 4.79 Å². The third-order valence-corrected chi connectivity index (χ3v) is 5.02. The van der Waals surface area contributed by atoms with Crippen LogP contribution in [-0.4, -0.2) is 53.7 Å². The molecule has 1 unspecified atom stereocenters. The van der Waals surface area contributed by atoms with E-state index in [1.807, 2.05) is 36.4 Å². The molecule has 1 aromatic carbocycles. The highest BCUT2D eigenvalue weighted by Gasteiger charge is 2.28. The van der Waals surface area contributed by atoms with Crippen LogP contribution in [0, 0.1) is 11.8 Å². The second-order valence-electron chi connectivity index (χ2n) is 6.29. The molecule has 1 aliphatic heterocycles. The van der Waals surface area contributed by atoms with Crippen molar-refractivity contribution in [1.29, 1.82) is 0 Å². The van der Waals surface area contributed by atoms with Gasteiger partial charge >= 0.3 is 6.09 Å². The van der Waals surface area contributed by atoms with Gasteiger partial charge in [-0.25, -0.2) is 9.78 Å². The number of hydrogen-bond donors (Lipinski definition) is 0.